The van der Waals surface area contributed by atoms with Gasteiger partial charge in [-0.15, -0.1) is 0 Å². The van der Waals surface area contributed by atoms with Crippen molar-refractivity contribution in [2.75, 3.05) is 0 Å². The molecule has 0 aromatic heterocycles. The maximum atomic E-state index is 11.8. The number of nitro benzene ring substituents is 1. The topological polar surface area (TPSA) is 125 Å². The number of rotatable bonds is 3. The Kier molecular flexibility index (Phi) is 4.58. The number of hydrogen-bond donors (Lipinski definition) is 2. The summed E-state index contributed by atoms with van der Waals surface area (Å²) < 4.78 is 0. The highest BCUT2D eigenvalue weighted by Gasteiger charge is 2.20. The molecule has 4 N–H and O–H groups in total. The van der Waals surface area contributed by atoms with Crippen LogP contribution in [-0.4, -0.2) is 16.8 Å². The normalized spacial score (nSPS) is 11.1. The summed E-state index contributed by atoms with van der Waals surface area (Å²) >= 11 is 0. The minimum Gasteiger partial charge on any atom is -0.370 e. The number of carbonyl (C=O) groups is 1. The van der Waals surface area contributed by atoms with Crippen LogP contribution in [0.3, 0.4) is 0 Å². The first-order valence-electron chi connectivity index (χ1n) is 5.84. The minimum absolute atomic E-state index is 0.109. The fourth-order valence-electron chi connectivity index (χ4n) is 1.73. The number of benzene rings is 1. The van der Waals surface area contributed by atoms with E-state index in [0.29, 0.717) is 11.1 Å². The van der Waals surface area contributed by atoms with Gasteiger partial charge in [-0.2, -0.15) is 4.99 Å². The third kappa shape index (κ3) is 3.19. The molecule has 0 saturated carbocycles. The zero-order valence-electron chi connectivity index (χ0n) is 11.5. The molecule has 20 heavy (non-hydrogen) atoms. The van der Waals surface area contributed by atoms with E-state index >= 15 is 0 Å². The van der Waals surface area contributed by atoms with Crippen molar-refractivity contribution in [3.8, 4) is 0 Å². The highest BCUT2D eigenvalue weighted by Crippen LogP contribution is 2.29. The maximum absolute atomic E-state index is 11.8. The molecule has 7 nitrogen and oxygen atoms in total. The van der Waals surface area contributed by atoms with E-state index in [1.165, 1.54) is 6.07 Å². The maximum Gasteiger partial charge on any atom is 0.280 e. The molecule has 0 spiro atoms. The van der Waals surface area contributed by atoms with Crippen LogP contribution in [0.5, 0.6) is 0 Å². The molecular formula is C13H16N4O3. The standard InChI is InChI=1S/C13H16N4O3/c1-4-7(2)9-5-8(3)10(6-11(9)17(19)20)12(18)16-13(14)15/h4-6H,1-3H3,(H4,14,15,16,18)/b7-4-. The van der Waals surface area contributed by atoms with Crippen molar-refractivity contribution in [2.45, 2.75) is 20.8 Å². The number of aliphatic imine (C=N–C) groups is 1. The summed E-state index contributed by atoms with van der Waals surface area (Å²) in [5, 5.41) is 11.1. The summed E-state index contributed by atoms with van der Waals surface area (Å²) in [6.45, 7) is 5.22. The lowest BCUT2D eigenvalue weighted by molar-refractivity contribution is -0.385. The highest BCUT2D eigenvalue weighted by molar-refractivity contribution is 6.03. The molecule has 0 atom stereocenters. The van der Waals surface area contributed by atoms with E-state index < -0.39 is 10.8 Å². The Labute approximate surface area is 116 Å². The van der Waals surface area contributed by atoms with Gasteiger partial charge in [-0.1, -0.05) is 6.08 Å². The predicted octanol–water partition coefficient (Wildman–Crippen LogP) is 1.74. The Morgan fingerprint density at radius 3 is 2.40 bits per heavy atom. The van der Waals surface area contributed by atoms with E-state index in [-0.39, 0.29) is 17.2 Å². The van der Waals surface area contributed by atoms with Gasteiger partial charge in [0.05, 0.1) is 16.1 Å². The van der Waals surface area contributed by atoms with Crippen LogP contribution in [0.4, 0.5) is 5.69 Å². The highest BCUT2D eigenvalue weighted by atomic mass is 16.6. The van der Waals surface area contributed by atoms with Crippen LogP contribution in [0.15, 0.2) is 23.2 Å². The number of hydrogen-bond acceptors (Lipinski definition) is 3. The van der Waals surface area contributed by atoms with Gasteiger partial charge in [0.25, 0.3) is 11.6 Å². The van der Waals surface area contributed by atoms with E-state index in [4.69, 9.17) is 11.5 Å². The first-order valence-corrected chi connectivity index (χ1v) is 5.84. The lowest BCUT2D eigenvalue weighted by atomic mass is 9.98. The molecule has 0 aliphatic heterocycles. The fourth-order valence-corrected chi connectivity index (χ4v) is 1.73. The van der Waals surface area contributed by atoms with Gasteiger partial charge in [0.2, 0.25) is 0 Å². The number of allylic oxidation sites excluding steroid dienone is 2. The number of aryl methyl sites for hydroxylation is 1. The molecule has 0 bridgehead atoms. The predicted molar refractivity (Wildman–Crippen MR) is 77.3 cm³/mol. The quantitative estimate of drug-likeness (QED) is 0.376. The lowest BCUT2D eigenvalue weighted by Crippen LogP contribution is -2.24. The van der Waals surface area contributed by atoms with Gasteiger partial charge >= 0.3 is 0 Å². The molecule has 0 fully saturated rings. The molecule has 0 saturated heterocycles. The molecule has 0 heterocycles. The van der Waals surface area contributed by atoms with Crippen LogP contribution in [-0.2, 0) is 0 Å². The largest absolute Gasteiger partial charge is 0.370 e. The monoisotopic (exact) mass is 276 g/mol. The second-order valence-corrected chi connectivity index (χ2v) is 4.25. The summed E-state index contributed by atoms with van der Waals surface area (Å²) in [5.74, 6) is -1.08. The zero-order chi connectivity index (χ0) is 15.4. The van der Waals surface area contributed by atoms with Gasteiger partial charge in [0.1, 0.15) is 0 Å². The molecule has 1 amide bonds. The van der Waals surface area contributed by atoms with Gasteiger partial charge in [-0.05, 0) is 38.0 Å². The molecular weight excluding hydrogens is 260 g/mol. The van der Waals surface area contributed by atoms with Crippen molar-refractivity contribution in [3.05, 3.63) is 45.0 Å². The number of nitrogens with two attached hydrogens (primary N) is 2. The Morgan fingerprint density at radius 2 is 1.95 bits per heavy atom. The van der Waals surface area contributed by atoms with Crippen molar-refractivity contribution in [3.63, 3.8) is 0 Å². The van der Waals surface area contributed by atoms with Gasteiger partial charge in [0.15, 0.2) is 5.96 Å². The number of amides is 1. The van der Waals surface area contributed by atoms with Crippen LogP contribution in [0, 0.1) is 17.0 Å². The Morgan fingerprint density at radius 1 is 1.35 bits per heavy atom. The fraction of sp³-hybridized carbons (Fsp3) is 0.231. The number of nitro groups is 1. The Bertz CT molecular complexity index is 629. The molecule has 1 aromatic rings. The molecule has 106 valence electrons. The average Bonchev–Trinajstić information content (AvgIpc) is 2.35. The van der Waals surface area contributed by atoms with Crippen LogP contribution in [0.1, 0.15) is 35.3 Å². The average molecular weight is 276 g/mol. The van der Waals surface area contributed by atoms with Gasteiger partial charge < -0.3 is 11.5 Å². The van der Waals surface area contributed by atoms with E-state index in [1.807, 2.05) is 0 Å². The van der Waals surface area contributed by atoms with E-state index in [2.05, 4.69) is 4.99 Å². The molecule has 0 unspecified atom stereocenters. The van der Waals surface area contributed by atoms with Crippen molar-refractivity contribution >= 4 is 23.1 Å². The minimum atomic E-state index is -0.699. The smallest absolute Gasteiger partial charge is 0.280 e. The summed E-state index contributed by atoms with van der Waals surface area (Å²) in [5.41, 5.74) is 12.0. The second-order valence-electron chi connectivity index (χ2n) is 4.25. The van der Waals surface area contributed by atoms with Crippen LogP contribution in [0.2, 0.25) is 0 Å². The van der Waals surface area contributed by atoms with Crippen LogP contribution >= 0.6 is 0 Å². The summed E-state index contributed by atoms with van der Waals surface area (Å²) in [7, 11) is 0. The van der Waals surface area contributed by atoms with Gasteiger partial charge in [0, 0.05) is 6.07 Å². The first-order chi connectivity index (χ1) is 9.27. The number of nitrogens with zero attached hydrogens (tertiary/aromatic N) is 2. The number of guanidine groups is 1. The zero-order valence-corrected chi connectivity index (χ0v) is 11.5. The van der Waals surface area contributed by atoms with Gasteiger partial charge in [-0.3, -0.25) is 14.9 Å². The third-order valence-corrected chi connectivity index (χ3v) is 2.86. The Hall–Kier alpha value is -2.70. The van der Waals surface area contributed by atoms with E-state index in [0.717, 1.165) is 5.57 Å². The third-order valence-electron chi connectivity index (χ3n) is 2.86. The van der Waals surface area contributed by atoms with Gasteiger partial charge in [-0.25, -0.2) is 0 Å². The van der Waals surface area contributed by atoms with Crippen molar-refractivity contribution < 1.29 is 9.72 Å². The second kappa shape index (κ2) is 5.96. The van der Waals surface area contributed by atoms with E-state index in [9.17, 15) is 14.9 Å². The first kappa shape index (κ1) is 15.4. The summed E-state index contributed by atoms with van der Waals surface area (Å²) in [4.78, 5) is 25.8. The van der Waals surface area contributed by atoms with Crippen molar-refractivity contribution in [1.29, 1.82) is 0 Å². The molecule has 1 aromatic carbocycles. The van der Waals surface area contributed by atoms with Crippen LogP contribution in [0.25, 0.3) is 5.57 Å². The number of carbonyl (C=O) groups excluding carboxylic acids is 1. The molecule has 0 aliphatic rings. The van der Waals surface area contributed by atoms with Crippen molar-refractivity contribution in [2.24, 2.45) is 16.5 Å². The molecule has 1 rings (SSSR count). The lowest BCUT2D eigenvalue weighted by Gasteiger charge is -2.08. The molecule has 7 heteroatoms. The molecule has 0 radical (unpaired) electrons. The van der Waals surface area contributed by atoms with Crippen molar-refractivity contribution in [1.82, 2.24) is 0 Å². The van der Waals surface area contributed by atoms with Crippen LogP contribution < -0.4 is 11.5 Å². The molecule has 0 aliphatic carbocycles. The SMILES string of the molecule is C/C=C(/C)c1cc(C)c(C(=O)N=C(N)N)cc1[N+](=O)[O-]. The summed E-state index contributed by atoms with van der Waals surface area (Å²) in [6.07, 6.45) is 1.76. The summed E-state index contributed by atoms with van der Waals surface area (Å²) in [6, 6.07) is 2.79. The van der Waals surface area contributed by atoms with E-state index in [1.54, 1.807) is 32.9 Å². The Balaban J connectivity index is 3.53.